The molecule has 0 aliphatic heterocycles. The summed E-state index contributed by atoms with van der Waals surface area (Å²) in [6.07, 6.45) is 3.84. The van der Waals surface area contributed by atoms with Crippen LogP contribution in [0.15, 0.2) is 24.3 Å². The van der Waals surface area contributed by atoms with E-state index in [0.29, 0.717) is 6.04 Å². The van der Waals surface area contributed by atoms with E-state index in [1.807, 2.05) is 6.07 Å². The van der Waals surface area contributed by atoms with Crippen LogP contribution in [-0.4, -0.2) is 11.5 Å². The van der Waals surface area contributed by atoms with Crippen molar-refractivity contribution in [1.82, 2.24) is 10.3 Å². The van der Waals surface area contributed by atoms with Gasteiger partial charge in [0, 0.05) is 0 Å². The van der Waals surface area contributed by atoms with Gasteiger partial charge in [-0.2, -0.15) is 0 Å². The molecule has 0 saturated carbocycles. The Kier molecular flexibility index (Phi) is 4.51. The molecule has 0 aliphatic carbocycles. The lowest BCUT2D eigenvalue weighted by molar-refractivity contribution is 0.542. The number of hydrogen-bond donors (Lipinski definition) is 1. The third kappa shape index (κ3) is 3.27. The predicted octanol–water partition coefficient (Wildman–Crippen LogP) is 4.14. The minimum absolute atomic E-state index is 0.365. The van der Waals surface area contributed by atoms with Crippen LogP contribution in [0.25, 0.3) is 10.2 Å². The van der Waals surface area contributed by atoms with E-state index in [9.17, 15) is 0 Å². The summed E-state index contributed by atoms with van der Waals surface area (Å²) >= 11 is 1.80. The highest BCUT2D eigenvalue weighted by Gasteiger charge is 2.09. The number of rotatable bonds is 6. The molecule has 1 aromatic heterocycles. The molecule has 2 aromatic rings. The SMILES string of the molecule is CCCCCNC(C)c1nc2ccccc2s1. The smallest absolute Gasteiger partial charge is 0.111 e. The number of nitrogens with one attached hydrogen (secondary N) is 1. The van der Waals surface area contributed by atoms with Crippen molar-refractivity contribution < 1.29 is 0 Å². The number of benzene rings is 1. The fourth-order valence-electron chi connectivity index (χ4n) is 1.86. The average molecular weight is 248 g/mol. The van der Waals surface area contributed by atoms with Crippen LogP contribution in [0.4, 0.5) is 0 Å². The Hall–Kier alpha value is -0.930. The normalized spacial score (nSPS) is 13.1. The van der Waals surface area contributed by atoms with Crippen molar-refractivity contribution in [2.45, 2.75) is 39.2 Å². The van der Waals surface area contributed by atoms with Gasteiger partial charge in [0.25, 0.3) is 0 Å². The van der Waals surface area contributed by atoms with Crippen molar-refractivity contribution in [3.05, 3.63) is 29.3 Å². The highest BCUT2D eigenvalue weighted by molar-refractivity contribution is 7.18. The van der Waals surface area contributed by atoms with Crippen LogP contribution >= 0.6 is 11.3 Å². The van der Waals surface area contributed by atoms with Gasteiger partial charge in [0.1, 0.15) is 5.01 Å². The molecule has 0 radical (unpaired) electrons. The lowest BCUT2D eigenvalue weighted by Gasteiger charge is -2.10. The largest absolute Gasteiger partial charge is 0.308 e. The summed E-state index contributed by atoms with van der Waals surface area (Å²) in [5.41, 5.74) is 1.12. The standard InChI is InChI=1S/C14H20N2S/c1-3-4-7-10-15-11(2)14-16-12-8-5-6-9-13(12)17-14/h5-6,8-9,11,15H,3-4,7,10H2,1-2H3. The van der Waals surface area contributed by atoms with Gasteiger partial charge in [0.05, 0.1) is 16.3 Å². The van der Waals surface area contributed by atoms with Gasteiger partial charge in [0.2, 0.25) is 0 Å². The minimum Gasteiger partial charge on any atom is -0.308 e. The van der Waals surface area contributed by atoms with Gasteiger partial charge in [-0.1, -0.05) is 31.9 Å². The van der Waals surface area contributed by atoms with Crippen LogP contribution in [0.5, 0.6) is 0 Å². The summed E-state index contributed by atoms with van der Waals surface area (Å²) in [6, 6.07) is 8.71. The van der Waals surface area contributed by atoms with Crippen LogP contribution in [0.2, 0.25) is 0 Å². The molecule has 1 unspecified atom stereocenters. The third-order valence-electron chi connectivity index (χ3n) is 2.91. The molecule has 1 heterocycles. The zero-order chi connectivity index (χ0) is 12.1. The maximum atomic E-state index is 4.67. The predicted molar refractivity (Wildman–Crippen MR) is 75.6 cm³/mol. The first kappa shape index (κ1) is 12.5. The molecule has 0 aliphatic rings. The second-order valence-electron chi connectivity index (χ2n) is 4.40. The average Bonchev–Trinajstić information content (AvgIpc) is 2.78. The van der Waals surface area contributed by atoms with E-state index in [2.05, 4.69) is 42.3 Å². The number of nitrogens with zero attached hydrogens (tertiary/aromatic N) is 1. The molecule has 3 heteroatoms. The second kappa shape index (κ2) is 6.12. The van der Waals surface area contributed by atoms with Crippen LogP contribution in [-0.2, 0) is 0 Å². The number of thiazole rings is 1. The first-order chi connectivity index (χ1) is 8.31. The van der Waals surface area contributed by atoms with E-state index in [0.717, 1.165) is 12.1 Å². The third-order valence-corrected chi connectivity index (χ3v) is 4.13. The highest BCUT2D eigenvalue weighted by Crippen LogP contribution is 2.25. The quantitative estimate of drug-likeness (QED) is 0.777. The Labute approximate surface area is 107 Å². The van der Waals surface area contributed by atoms with Crippen molar-refractivity contribution in [2.24, 2.45) is 0 Å². The molecule has 1 N–H and O–H groups in total. The van der Waals surface area contributed by atoms with Crippen LogP contribution in [0.3, 0.4) is 0 Å². The Bertz CT molecular complexity index is 431. The maximum absolute atomic E-state index is 4.67. The van der Waals surface area contributed by atoms with Crippen LogP contribution < -0.4 is 5.32 Å². The maximum Gasteiger partial charge on any atom is 0.111 e. The monoisotopic (exact) mass is 248 g/mol. The van der Waals surface area contributed by atoms with Crippen LogP contribution in [0, 0.1) is 0 Å². The Morgan fingerprint density at radius 2 is 2.12 bits per heavy atom. The summed E-state index contributed by atoms with van der Waals surface area (Å²) < 4.78 is 1.28. The molecule has 0 fully saturated rings. The van der Waals surface area contributed by atoms with Crippen molar-refractivity contribution in [1.29, 1.82) is 0 Å². The Balaban J connectivity index is 1.96. The molecule has 1 aromatic carbocycles. The van der Waals surface area contributed by atoms with Crippen molar-refractivity contribution in [3.63, 3.8) is 0 Å². The summed E-state index contributed by atoms with van der Waals surface area (Å²) in [5.74, 6) is 0. The summed E-state index contributed by atoms with van der Waals surface area (Å²) in [5, 5.41) is 4.74. The number of aromatic nitrogens is 1. The molecular weight excluding hydrogens is 228 g/mol. The topological polar surface area (TPSA) is 24.9 Å². The lowest BCUT2D eigenvalue weighted by atomic mass is 10.2. The highest BCUT2D eigenvalue weighted by atomic mass is 32.1. The summed E-state index contributed by atoms with van der Waals surface area (Å²) in [7, 11) is 0. The van der Waals surface area contributed by atoms with Crippen molar-refractivity contribution in [2.75, 3.05) is 6.54 Å². The molecular formula is C14H20N2S. The van der Waals surface area contributed by atoms with E-state index < -0.39 is 0 Å². The molecule has 0 saturated heterocycles. The first-order valence-electron chi connectivity index (χ1n) is 6.40. The van der Waals surface area contributed by atoms with Gasteiger partial charge in [-0.3, -0.25) is 0 Å². The number of unbranched alkanes of at least 4 members (excludes halogenated alkanes) is 2. The zero-order valence-electron chi connectivity index (χ0n) is 10.6. The molecule has 92 valence electrons. The van der Waals surface area contributed by atoms with E-state index in [1.54, 1.807) is 11.3 Å². The number of para-hydroxylation sites is 1. The number of fused-ring (bicyclic) bond motifs is 1. The van der Waals surface area contributed by atoms with Crippen LogP contribution in [0.1, 0.15) is 44.2 Å². The summed E-state index contributed by atoms with van der Waals surface area (Å²) in [4.78, 5) is 4.67. The molecule has 0 spiro atoms. The molecule has 0 bridgehead atoms. The molecule has 17 heavy (non-hydrogen) atoms. The fraction of sp³-hybridized carbons (Fsp3) is 0.500. The van der Waals surface area contributed by atoms with E-state index in [1.165, 1.54) is 29.0 Å². The van der Waals surface area contributed by atoms with Gasteiger partial charge < -0.3 is 5.32 Å². The second-order valence-corrected chi connectivity index (χ2v) is 5.46. The van der Waals surface area contributed by atoms with Gasteiger partial charge in [-0.25, -0.2) is 4.98 Å². The summed E-state index contributed by atoms with van der Waals surface area (Å²) in [6.45, 7) is 5.52. The van der Waals surface area contributed by atoms with Crippen molar-refractivity contribution in [3.8, 4) is 0 Å². The zero-order valence-corrected chi connectivity index (χ0v) is 11.4. The molecule has 2 rings (SSSR count). The molecule has 0 amide bonds. The van der Waals surface area contributed by atoms with Gasteiger partial charge >= 0.3 is 0 Å². The first-order valence-corrected chi connectivity index (χ1v) is 7.21. The van der Waals surface area contributed by atoms with Gasteiger partial charge in [0.15, 0.2) is 0 Å². The molecule has 2 nitrogen and oxygen atoms in total. The van der Waals surface area contributed by atoms with E-state index in [-0.39, 0.29) is 0 Å². The van der Waals surface area contributed by atoms with Gasteiger partial charge in [-0.15, -0.1) is 11.3 Å². The minimum atomic E-state index is 0.365. The van der Waals surface area contributed by atoms with Crippen molar-refractivity contribution >= 4 is 21.6 Å². The van der Waals surface area contributed by atoms with E-state index in [4.69, 9.17) is 0 Å². The lowest BCUT2D eigenvalue weighted by Crippen LogP contribution is -2.19. The van der Waals surface area contributed by atoms with Gasteiger partial charge in [-0.05, 0) is 32.0 Å². The number of hydrogen-bond acceptors (Lipinski definition) is 3. The van der Waals surface area contributed by atoms with E-state index >= 15 is 0 Å². The molecule has 1 atom stereocenters. The Morgan fingerprint density at radius 3 is 2.88 bits per heavy atom. The Morgan fingerprint density at radius 1 is 1.29 bits per heavy atom. The fourth-order valence-corrected chi connectivity index (χ4v) is 2.85.